The number of ether oxygens (including phenoxy) is 2. The van der Waals surface area contributed by atoms with Gasteiger partial charge in [0, 0.05) is 11.3 Å². The molecule has 0 aliphatic carbocycles. The second-order valence-corrected chi connectivity index (χ2v) is 7.58. The molecule has 3 rings (SSSR count). The normalized spacial score (nSPS) is 10.9. The van der Waals surface area contributed by atoms with Crippen LogP contribution >= 0.6 is 0 Å². The molecule has 0 atom stereocenters. The summed E-state index contributed by atoms with van der Waals surface area (Å²) in [6.07, 6.45) is -4.84. The van der Waals surface area contributed by atoms with Crippen molar-refractivity contribution in [2.24, 2.45) is 0 Å². The first-order valence-corrected chi connectivity index (χ1v) is 10.9. The van der Waals surface area contributed by atoms with E-state index in [2.05, 4.69) is 10.3 Å². The molecule has 0 amide bonds. The number of Topliss-reactive ketones (excluding diaryl/α,β-unsaturated/α-hetero) is 1. The van der Waals surface area contributed by atoms with Gasteiger partial charge in [-0.1, -0.05) is 36.4 Å². The van der Waals surface area contributed by atoms with Gasteiger partial charge in [0.15, 0.2) is 6.61 Å². The maximum atomic E-state index is 13.7. The number of alkyl halides is 3. The number of halogens is 3. The van der Waals surface area contributed by atoms with Crippen molar-refractivity contribution in [2.45, 2.75) is 20.0 Å². The molecule has 0 saturated heterocycles. The molecule has 1 heterocycles. The van der Waals surface area contributed by atoms with Crippen LogP contribution in [0.1, 0.15) is 34.0 Å². The average Bonchev–Trinajstić information content (AvgIpc) is 2.85. The summed E-state index contributed by atoms with van der Waals surface area (Å²) < 4.78 is 51.4. The van der Waals surface area contributed by atoms with E-state index in [1.807, 2.05) is 12.1 Å². The third kappa shape index (κ3) is 6.18. The molecule has 1 N–H and O–H groups in total. The molecule has 0 unspecified atom stereocenters. The first-order chi connectivity index (χ1) is 17.2. The predicted octanol–water partition coefficient (Wildman–Crippen LogP) is 5.18. The van der Waals surface area contributed by atoms with Crippen LogP contribution in [-0.4, -0.2) is 36.5 Å². The molecule has 0 bridgehead atoms. The number of nitrogens with one attached hydrogen (secondary N) is 1. The summed E-state index contributed by atoms with van der Waals surface area (Å²) in [5.41, 5.74) is -0.282. The Morgan fingerprint density at radius 3 is 2.47 bits per heavy atom. The highest BCUT2D eigenvalue weighted by atomic mass is 19.4. The van der Waals surface area contributed by atoms with Crippen LogP contribution in [0, 0.1) is 18.3 Å². The van der Waals surface area contributed by atoms with Crippen molar-refractivity contribution in [2.75, 3.05) is 25.1 Å². The number of ketones is 1. The number of nitrogens with zero attached hydrogens (tertiary/aromatic N) is 2. The highest BCUT2D eigenvalue weighted by Gasteiger charge is 2.36. The average molecular weight is 497 g/mol. The molecule has 0 spiro atoms. The smallest absolute Gasteiger partial charge is 0.417 e. The Morgan fingerprint density at radius 2 is 1.83 bits per heavy atom. The first kappa shape index (κ1) is 26.2. The number of aromatic nitrogens is 1. The van der Waals surface area contributed by atoms with Gasteiger partial charge in [0.2, 0.25) is 11.7 Å². The summed E-state index contributed by atoms with van der Waals surface area (Å²) >= 11 is 0. The van der Waals surface area contributed by atoms with Gasteiger partial charge < -0.3 is 14.8 Å². The number of carbonyl (C=O) groups excluding carboxylic acids is 2. The minimum atomic E-state index is -4.84. The van der Waals surface area contributed by atoms with Gasteiger partial charge in [-0.25, -0.2) is 4.98 Å². The largest absolute Gasteiger partial charge is 0.468 e. The molecule has 0 aliphatic rings. The molecule has 0 saturated carbocycles. The second kappa shape index (κ2) is 11.4. The molecular formula is C26H22F3N3O4. The van der Waals surface area contributed by atoms with E-state index in [-0.39, 0.29) is 23.7 Å². The zero-order valence-corrected chi connectivity index (χ0v) is 19.5. The molecule has 7 nitrogen and oxygen atoms in total. The van der Waals surface area contributed by atoms with Crippen LogP contribution in [0.3, 0.4) is 0 Å². The molecule has 0 aliphatic heterocycles. The standard InChI is InChI=1S/C26H22F3N3O4/c1-3-35-23(34)14-31-20-11-7-10-19(26(27,28)29)24(20)22(33)15-36-25-18(13-30)16(2)12-21(32-25)17-8-5-4-6-9-17/h4-12,31H,3,14-15H2,1-2H3. The van der Waals surface area contributed by atoms with Gasteiger partial charge in [-0.2, -0.15) is 18.4 Å². The van der Waals surface area contributed by atoms with Crippen molar-refractivity contribution in [1.29, 1.82) is 5.26 Å². The SMILES string of the molecule is CCOC(=O)CNc1cccc(C(F)(F)F)c1C(=O)COc1nc(-c2ccccc2)cc(C)c1C#N. The fourth-order valence-electron chi connectivity index (χ4n) is 3.46. The third-order valence-electron chi connectivity index (χ3n) is 5.08. The minimum Gasteiger partial charge on any atom is -0.468 e. The highest BCUT2D eigenvalue weighted by Crippen LogP contribution is 2.36. The van der Waals surface area contributed by atoms with E-state index in [1.54, 1.807) is 44.2 Å². The zero-order chi connectivity index (χ0) is 26.3. The van der Waals surface area contributed by atoms with E-state index in [4.69, 9.17) is 9.47 Å². The van der Waals surface area contributed by atoms with Gasteiger partial charge in [-0.3, -0.25) is 9.59 Å². The minimum absolute atomic E-state index is 0.0623. The molecule has 2 aromatic carbocycles. The Balaban J connectivity index is 1.93. The highest BCUT2D eigenvalue weighted by molar-refractivity contribution is 6.04. The maximum absolute atomic E-state index is 13.7. The van der Waals surface area contributed by atoms with Gasteiger partial charge in [0.25, 0.3) is 0 Å². The van der Waals surface area contributed by atoms with Crippen LogP contribution in [0.5, 0.6) is 5.88 Å². The number of aryl methyl sites for hydroxylation is 1. The number of nitriles is 1. The summed E-state index contributed by atoms with van der Waals surface area (Å²) in [7, 11) is 0. The summed E-state index contributed by atoms with van der Waals surface area (Å²) in [5, 5.41) is 12.1. The molecule has 1 aromatic heterocycles. The molecule has 10 heteroatoms. The first-order valence-electron chi connectivity index (χ1n) is 10.9. The number of hydrogen-bond donors (Lipinski definition) is 1. The van der Waals surface area contributed by atoms with E-state index in [1.165, 1.54) is 6.07 Å². The lowest BCUT2D eigenvalue weighted by molar-refractivity contribution is -0.141. The maximum Gasteiger partial charge on any atom is 0.417 e. The van der Waals surface area contributed by atoms with E-state index in [0.29, 0.717) is 11.3 Å². The summed E-state index contributed by atoms with van der Waals surface area (Å²) in [6, 6.07) is 15.8. The number of esters is 1. The number of pyridine rings is 1. The van der Waals surface area contributed by atoms with Gasteiger partial charge in [0.05, 0.1) is 23.4 Å². The van der Waals surface area contributed by atoms with E-state index >= 15 is 0 Å². The van der Waals surface area contributed by atoms with Crippen LogP contribution in [0.2, 0.25) is 0 Å². The van der Waals surface area contributed by atoms with E-state index in [9.17, 15) is 28.0 Å². The van der Waals surface area contributed by atoms with Crippen molar-refractivity contribution in [3.05, 3.63) is 76.9 Å². The molecule has 0 radical (unpaired) electrons. The van der Waals surface area contributed by atoms with Crippen LogP contribution in [0.4, 0.5) is 18.9 Å². The lowest BCUT2D eigenvalue weighted by Gasteiger charge is -2.17. The second-order valence-electron chi connectivity index (χ2n) is 7.58. The van der Waals surface area contributed by atoms with Crippen molar-refractivity contribution in [1.82, 2.24) is 4.98 Å². The Morgan fingerprint density at radius 1 is 1.11 bits per heavy atom. The number of carbonyl (C=O) groups is 2. The monoisotopic (exact) mass is 497 g/mol. The van der Waals surface area contributed by atoms with Crippen molar-refractivity contribution >= 4 is 17.4 Å². The zero-order valence-electron chi connectivity index (χ0n) is 19.5. The van der Waals surface area contributed by atoms with Crippen molar-refractivity contribution in [3.63, 3.8) is 0 Å². The summed E-state index contributed by atoms with van der Waals surface area (Å²) in [5.74, 6) is -1.88. The van der Waals surface area contributed by atoms with Crippen molar-refractivity contribution in [3.8, 4) is 23.2 Å². The fraction of sp³-hybridized carbons (Fsp3) is 0.231. The van der Waals surface area contributed by atoms with Crippen molar-refractivity contribution < 1.29 is 32.2 Å². The molecule has 0 fully saturated rings. The Bertz CT molecular complexity index is 1300. The van der Waals surface area contributed by atoms with Crippen LogP contribution in [0.15, 0.2) is 54.6 Å². The lowest BCUT2D eigenvalue weighted by atomic mass is 10.0. The fourth-order valence-corrected chi connectivity index (χ4v) is 3.46. The number of anilines is 1. The van der Waals surface area contributed by atoms with Gasteiger partial charge in [-0.05, 0) is 37.6 Å². The molecule has 3 aromatic rings. The topological polar surface area (TPSA) is 101 Å². The van der Waals surface area contributed by atoms with Crippen LogP contribution < -0.4 is 10.1 Å². The summed E-state index contributed by atoms with van der Waals surface area (Å²) in [6.45, 7) is 2.10. The van der Waals surface area contributed by atoms with E-state index in [0.717, 1.165) is 17.7 Å². The molecular weight excluding hydrogens is 475 g/mol. The van der Waals surface area contributed by atoms with Crippen LogP contribution in [0.25, 0.3) is 11.3 Å². The lowest BCUT2D eigenvalue weighted by Crippen LogP contribution is -2.23. The Labute approximate surface area is 205 Å². The van der Waals surface area contributed by atoms with Gasteiger partial charge >= 0.3 is 12.1 Å². The predicted molar refractivity (Wildman–Crippen MR) is 126 cm³/mol. The molecule has 36 heavy (non-hydrogen) atoms. The molecule has 186 valence electrons. The van der Waals surface area contributed by atoms with E-state index < -0.39 is 42.2 Å². The third-order valence-corrected chi connectivity index (χ3v) is 5.08. The Hall–Kier alpha value is -4.39. The van der Waals surface area contributed by atoms with Gasteiger partial charge in [0.1, 0.15) is 18.2 Å². The summed E-state index contributed by atoms with van der Waals surface area (Å²) in [4.78, 5) is 29.0. The number of hydrogen-bond acceptors (Lipinski definition) is 7. The van der Waals surface area contributed by atoms with Crippen LogP contribution in [-0.2, 0) is 15.7 Å². The number of rotatable bonds is 9. The number of benzene rings is 2. The quantitative estimate of drug-likeness (QED) is 0.321. The Kier molecular flexibility index (Phi) is 8.27. The van der Waals surface area contributed by atoms with Gasteiger partial charge in [-0.15, -0.1) is 0 Å².